The Morgan fingerprint density at radius 1 is 1.19 bits per heavy atom. The number of carboxylic acid groups (broad SMARTS) is 1. The van der Waals surface area contributed by atoms with Gasteiger partial charge in [-0.1, -0.05) is 0 Å². The minimum absolute atomic E-state index is 0.0238. The summed E-state index contributed by atoms with van der Waals surface area (Å²) in [6, 6.07) is 7.20. The Bertz CT molecular complexity index is 659. The molecule has 2 amide bonds. The first kappa shape index (κ1) is 14.3. The molecule has 0 atom stereocenters. The van der Waals surface area contributed by atoms with E-state index < -0.39 is 12.0 Å². The maximum Gasteiger partial charge on any atom is 0.339 e. The predicted molar refractivity (Wildman–Crippen MR) is 76.8 cm³/mol. The van der Waals surface area contributed by atoms with E-state index in [9.17, 15) is 9.59 Å². The Kier molecular flexibility index (Phi) is 4.35. The number of amides is 2. The van der Waals surface area contributed by atoms with Crippen molar-refractivity contribution in [1.29, 1.82) is 0 Å². The van der Waals surface area contributed by atoms with Crippen LogP contribution in [0.15, 0.2) is 42.7 Å². The van der Waals surface area contributed by atoms with Crippen molar-refractivity contribution in [3.05, 3.63) is 48.3 Å². The second-order valence-corrected chi connectivity index (χ2v) is 4.04. The highest BCUT2D eigenvalue weighted by Gasteiger charge is 2.12. The highest BCUT2D eigenvalue weighted by atomic mass is 16.5. The number of benzene rings is 1. The summed E-state index contributed by atoms with van der Waals surface area (Å²) in [5.74, 6) is -0.931. The number of carbonyl (C=O) groups is 2. The average molecular weight is 287 g/mol. The molecular formula is C14H13N3O4. The van der Waals surface area contributed by atoms with Crippen LogP contribution in [-0.4, -0.2) is 29.2 Å². The van der Waals surface area contributed by atoms with E-state index in [0.717, 1.165) is 0 Å². The van der Waals surface area contributed by atoms with E-state index in [1.54, 1.807) is 18.3 Å². The molecule has 2 rings (SSSR count). The highest BCUT2D eigenvalue weighted by molar-refractivity contribution is 6.00. The summed E-state index contributed by atoms with van der Waals surface area (Å²) in [6.07, 6.45) is 3.10. The molecule has 108 valence electrons. The number of carboxylic acids is 1. The third-order valence-electron chi connectivity index (χ3n) is 2.61. The minimum Gasteiger partial charge on any atom is -0.496 e. The molecule has 1 aromatic carbocycles. The predicted octanol–water partition coefficient (Wildman–Crippen LogP) is 2.43. The van der Waals surface area contributed by atoms with Crippen molar-refractivity contribution >= 4 is 23.4 Å². The lowest BCUT2D eigenvalue weighted by Gasteiger charge is -2.10. The summed E-state index contributed by atoms with van der Waals surface area (Å²) in [7, 11) is 1.36. The lowest BCUT2D eigenvalue weighted by molar-refractivity contribution is 0.0693. The van der Waals surface area contributed by atoms with Crippen molar-refractivity contribution in [2.75, 3.05) is 17.7 Å². The Morgan fingerprint density at radius 2 is 1.95 bits per heavy atom. The van der Waals surface area contributed by atoms with Crippen molar-refractivity contribution in [3.63, 3.8) is 0 Å². The van der Waals surface area contributed by atoms with Gasteiger partial charge < -0.3 is 20.5 Å². The van der Waals surface area contributed by atoms with Crippen molar-refractivity contribution in [3.8, 4) is 5.75 Å². The number of methoxy groups -OCH3 is 1. The molecule has 0 radical (unpaired) electrons. The van der Waals surface area contributed by atoms with Crippen molar-refractivity contribution < 1.29 is 19.4 Å². The summed E-state index contributed by atoms with van der Waals surface area (Å²) < 4.78 is 4.98. The maximum atomic E-state index is 11.8. The number of anilines is 2. The lowest BCUT2D eigenvalue weighted by Crippen LogP contribution is -2.19. The van der Waals surface area contributed by atoms with Crippen LogP contribution in [0.1, 0.15) is 10.4 Å². The summed E-state index contributed by atoms with van der Waals surface area (Å²) in [5, 5.41) is 14.2. The molecule has 0 unspecified atom stereocenters. The molecule has 0 spiro atoms. The van der Waals surface area contributed by atoms with Crippen LogP contribution >= 0.6 is 0 Å². The highest BCUT2D eigenvalue weighted by Crippen LogP contribution is 2.23. The zero-order chi connectivity index (χ0) is 15.2. The smallest absolute Gasteiger partial charge is 0.339 e. The second-order valence-electron chi connectivity index (χ2n) is 4.04. The van der Waals surface area contributed by atoms with E-state index in [-0.39, 0.29) is 11.3 Å². The van der Waals surface area contributed by atoms with Gasteiger partial charge >= 0.3 is 12.0 Å². The third kappa shape index (κ3) is 3.69. The van der Waals surface area contributed by atoms with E-state index in [2.05, 4.69) is 15.6 Å². The molecule has 7 nitrogen and oxygen atoms in total. The molecule has 1 heterocycles. The zero-order valence-electron chi connectivity index (χ0n) is 11.2. The Labute approximate surface area is 120 Å². The van der Waals surface area contributed by atoms with Gasteiger partial charge in [0.25, 0.3) is 0 Å². The number of rotatable bonds is 4. The van der Waals surface area contributed by atoms with Gasteiger partial charge in [-0.05, 0) is 24.3 Å². The molecule has 3 N–H and O–H groups in total. The standard InChI is InChI=1S/C14H13N3O4/c1-21-12-7-9(4-5-11(12)13(18)19)16-14(20)17-10-3-2-6-15-8-10/h2-8H,1H3,(H,18,19)(H2,16,17,20). The van der Waals surface area contributed by atoms with Crippen LogP contribution in [0.25, 0.3) is 0 Å². The largest absolute Gasteiger partial charge is 0.496 e. The molecule has 7 heteroatoms. The normalized spacial score (nSPS) is 9.76. The Hall–Kier alpha value is -3.09. The lowest BCUT2D eigenvalue weighted by atomic mass is 10.2. The molecule has 0 fully saturated rings. The Balaban J connectivity index is 2.09. The molecule has 0 aliphatic carbocycles. The fourth-order valence-corrected chi connectivity index (χ4v) is 1.68. The topological polar surface area (TPSA) is 101 Å². The van der Waals surface area contributed by atoms with Crippen LogP contribution in [-0.2, 0) is 0 Å². The van der Waals surface area contributed by atoms with Gasteiger partial charge in [0.2, 0.25) is 0 Å². The SMILES string of the molecule is COc1cc(NC(=O)Nc2cccnc2)ccc1C(=O)O. The zero-order valence-corrected chi connectivity index (χ0v) is 11.2. The van der Waals surface area contributed by atoms with E-state index in [1.165, 1.54) is 31.5 Å². The monoisotopic (exact) mass is 287 g/mol. The third-order valence-corrected chi connectivity index (χ3v) is 2.61. The quantitative estimate of drug-likeness (QED) is 0.801. The molecule has 0 bridgehead atoms. The van der Waals surface area contributed by atoms with E-state index in [4.69, 9.17) is 9.84 Å². The Morgan fingerprint density at radius 3 is 2.57 bits per heavy atom. The van der Waals surface area contributed by atoms with E-state index in [0.29, 0.717) is 11.4 Å². The fourth-order valence-electron chi connectivity index (χ4n) is 1.68. The number of ether oxygens (including phenoxy) is 1. The summed E-state index contributed by atoms with van der Waals surface area (Å²) in [6.45, 7) is 0. The van der Waals surface area contributed by atoms with E-state index in [1.807, 2.05) is 0 Å². The molecule has 2 aromatic rings. The summed E-state index contributed by atoms with van der Waals surface area (Å²) in [5.41, 5.74) is 0.984. The van der Waals surface area contributed by atoms with Gasteiger partial charge in [-0.3, -0.25) is 4.98 Å². The fraction of sp³-hybridized carbons (Fsp3) is 0.0714. The first-order valence-electron chi connectivity index (χ1n) is 5.99. The van der Waals surface area contributed by atoms with Crippen molar-refractivity contribution in [2.24, 2.45) is 0 Å². The van der Waals surface area contributed by atoms with E-state index >= 15 is 0 Å². The molecule has 21 heavy (non-hydrogen) atoms. The molecule has 1 aromatic heterocycles. The first-order valence-corrected chi connectivity index (χ1v) is 5.99. The number of carbonyl (C=O) groups excluding carboxylic acids is 1. The van der Waals surface area contributed by atoms with Gasteiger partial charge in [-0.15, -0.1) is 0 Å². The average Bonchev–Trinajstić information content (AvgIpc) is 2.47. The van der Waals surface area contributed by atoms with Gasteiger partial charge in [0.15, 0.2) is 0 Å². The number of pyridine rings is 1. The number of nitrogens with one attached hydrogen (secondary N) is 2. The second kappa shape index (κ2) is 6.38. The number of hydrogen-bond donors (Lipinski definition) is 3. The number of aromatic carboxylic acids is 1. The first-order chi connectivity index (χ1) is 10.1. The van der Waals surface area contributed by atoms with Crippen LogP contribution < -0.4 is 15.4 Å². The minimum atomic E-state index is -1.10. The van der Waals surface area contributed by atoms with Crippen LogP contribution in [0.2, 0.25) is 0 Å². The van der Waals surface area contributed by atoms with Crippen molar-refractivity contribution in [2.45, 2.75) is 0 Å². The van der Waals surface area contributed by atoms with Crippen molar-refractivity contribution in [1.82, 2.24) is 4.98 Å². The molecule has 0 aliphatic heterocycles. The van der Waals surface area contributed by atoms with Gasteiger partial charge in [0.1, 0.15) is 11.3 Å². The van der Waals surface area contributed by atoms with Crippen LogP contribution in [0.5, 0.6) is 5.75 Å². The molecular weight excluding hydrogens is 274 g/mol. The number of nitrogens with zero attached hydrogens (tertiary/aromatic N) is 1. The molecule has 0 saturated heterocycles. The van der Waals surface area contributed by atoms with Gasteiger partial charge in [0.05, 0.1) is 19.0 Å². The number of aromatic nitrogens is 1. The summed E-state index contributed by atoms with van der Waals surface area (Å²) >= 11 is 0. The number of urea groups is 1. The maximum absolute atomic E-state index is 11.8. The van der Waals surface area contributed by atoms with Crippen LogP contribution in [0, 0.1) is 0 Å². The molecule has 0 saturated carbocycles. The van der Waals surface area contributed by atoms with Crippen LogP contribution in [0.4, 0.5) is 16.2 Å². The molecule has 0 aliphatic rings. The summed E-state index contributed by atoms with van der Waals surface area (Å²) in [4.78, 5) is 26.6. The van der Waals surface area contributed by atoms with Crippen LogP contribution in [0.3, 0.4) is 0 Å². The number of hydrogen-bond acceptors (Lipinski definition) is 4. The van der Waals surface area contributed by atoms with Gasteiger partial charge in [-0.25, -0.2) is 9.59 Å². The van der Waals surface area contributed by atoms with Gasteiger partial charge in [0, 0.05) is 18.0 Å². The van der Waals surface area contributed by atoms with Gasteiger partial charge in [-0.2, -0.15) is 0 Å².